The lowest BCUT2D eigenvalue weighted by Crippen LogP contribution is -2.34. The van der Waals surface area contributed by atoms with Gasteiger partial charge >= 0.3 is 0 Å². The molecule has 1 nitrogen and oxygen atoms in total. The Bertz CT molecular complexity index is 418. The molecular formula is C19H30ClN. The van der Waals surface area contributed by atoms with Crippen molar-refractivity contribution in [1.82, 2.24) is 5.32 Å². The molecule has 0 aliphatic heterocycles. The van der Waals surface area contributed by atoms with Gasteiger partial charge in [-0.2, -0.15) is 0 Å². The van der Waals surface area contributed by atoms with Gasteiger partial charge in [0.1, 0.15) is 0 Å². The van der Waals surface area contributed by atoms with Gasteiger partial charge in [-0.3, -0.25) is 0 Å². The number of hydrogen-bond acceptors (Lipinski definition) is 1. The van der Waals surface area contributed by atoms with Crippen molar-refractivity contribution < 1.29 is 0 Å². The van der Waals surface area contributed by atoms with E-state index in [2.05, 4.69) is 37.4 Å². The minimum Gasteiger partial charge on any atom is -0.317 e. The number of hydrogen-bond donors (Lipinski definition) is 1. The molecule has 1 N–H and O–H groups in total. The third-order valence-corrected chi connectivity index (χ3v) is 5.22. The minimum absolute atomic E-state index is 0.813. The van der Waals surface area contributed by atoms with E-state index >= 15 is 0 Å². The molecule has 0 heterocycles. The Morgan fingerprint density at radius 1 is 1.19 bits per heavy atom. The monoisotopic (exact) mass is 307 g/mol. The Labute approximate surface area is 135 Å². The topological polar surface area (TPSA) is 12.0 Å². The summed E-state index contributed by atoms with van der Waals surface area (Å²) in [6.07, 6.45) is 8.14. The molecule has 1 aromatic rings. The summed E-state index contributed by atoms with van der Waals surface area (Å²) in [4.78, 5) is 0. The molecule has 1 aliphatic carbocycles. The summed E-state index contributed by atoms with van der Waals surface area (Å²) in [6, 6.07) is 8.44. The van der Waals surface area contributed by atoms with Crippen molar-refractivity contribution in [2.75, 3.05) is 13.1 Å². The van der Waals surface area contributed by atoms with Crippen molar-refractivity contribution >= 4 is 11.6 Å². The van der Waals surface area contributed by atoms with Crippen LogP contribution in [-0.2, 0) is 6.42 Å². The number of benzene rings is 1. The Hall–Kier alpha value is -0.530. The third-order valence-electron chi connectivity index (χ3n) is 4.99. The maximum Gasteiger partial charge on any atom is 0.0408 e. The second-order valence-corrected chi connectivity index (χ2v) is 7.07. The smallest absolute Gasteiger partial charge is 0.0408 e. The van der Waals surface area contributed by atoms with Crippen LogP contribution in [0.3, 0.4) is 0 Å². The zero-order valence-electron chi connectivity index (χ0n) is 13.6. The van der Waals surface area contributed by atoms with Gasteiger partial charge in [0.2, 0.25) is 0 Å². The van der Waals surface area contributed by atoms with Crippen molar-refractivity contribution in [3.8, 4) is 0 Å². The molecule has 3 unspecified atom stereocenters. The molecule has 1 aromatic carbocycles. The molecule has 1 saturated carbocycles. The summed E-state index contributed by atoms with van der Waals surface area (Å²) in [5.41, 5.74) is 1.41. The normalized spacial score (nSPS) is 26.0. The summed E-state index contributed by atoms with van der Waals surface area (Å²) in [7, 11) is 0. The van der Waals surface area contributed by atoms with E-state index in [0.29, 0.717) is 0 Å². The molecule has 0 radical (unpaired) electrons. The van der Waals surface area contributed by atoms with Gasteiger partial charge in [0.25, 0.3) is 0 Å². The fraction of sp³-hybridized carbons (Fsp3) is 0.684. The highest BCUT2D eigenvalue weighted by Crippen LogP contribution is 2.38. The molecule has 0 amide bonds. The van der Waals surface area contributed by atoms with Gasteiger partial charge in [-0.05, 0) is 67.8 Å². The number of halogens is 1. The first-order valence-corrected chi connectivity index (χ1v) is 9.05. The van der Waals surface area contributed by atoms with E-state index in [1.807, 2.05) is 6.07 Å². The summed E-state index contributed by atoms with van der Waals surface area (Å²) >= 11 is 6.15. The number of nitrogens with one attached hydrogen (secondary N) is 1. The zero-order chi connectivity index (χ0) is 15.1. The summed E-state index contributed by atoms with van der Waals surface area (Å²) < 4.78 is 0. The largest absolute Gasteiger partial charge is 0.317 e. The lowest BCUT2D eigenvalue weighted by molar-refractivity contribution is 0.168. The molecule has 21 heavy (non-hydrogen) atoms. The predicted molar refractivity (Wildman–Crippen MR) is 92.9 cm³/mol. The van der Waals surface area contributed by atoms with E-state index in [4.69, 9.17) is 11.6 Å². The van der Waals surface area contributed by atoms with Crippen LogP contribution in [0.4, 0.5) is 0 Å². The van der Waals surface area contributed by atoms with Gasteiger partial charge < -0.3 is 5.32 Å². The lowest BCUT2D eigenvalue weighted by Gasteiger charge is -2.36. The van der Waals surface area contributed by atoms with Crippen LogP contribution in [0.2, 0.25) is 5.02 Å². The van der Waals surface area contributed by atoms with Crippen LogP contribution >= 0.6 is 11.6 Å². The van der Waals surface area contributed by atoms with Crippen LogP contribution in [0.15, 0.2) is 24.3 Å². The molecule has 2 heteroatoms. The summed E-state index contributed by atoms with van der Waals surface area (Å²) in [5, 5.41) is 4.44. The van der Waals surface area contributed by atoms with Crippen LogP contribution in [0, 0.1) is 17.8 Å². The first kappa shape index (κ1) is 16.8. The fourth-order valence-corrected chi connectivity index (χ4v) is 4.12. The van der Waals surface area contributed by atoms with Gasteiger partial charge in [-0.1, -0.05) is 56.8 Å². The quantitative estimate of drug-likeness (QED) is 0.718. The van der Waals surface area contributed by atoms with Crippen molar-refractivity contribution in [3.05, 3.63) is 34.9 Å². The van der Waals surface area contributed by atoms with Gasteiger partial charge in [0.15, 0.2) is 0 Å². The van der Waals surface area contributed by atoms with Crippen LogP contribution < -0.4 is 5.32 Å². The van der Waals surface area contributed by atoms with Crippen molar-refractivity contribution in [2.24, 2.45) is 17.8 Å². The first-order valence-electron chi connectivity index (χ1n) is 8.68. The first-order chi connectivity index (χ1) is 10.2. The molecule has 0 saturated heterocycles. The van der Waals surface area contributed by atoms with Crippen LogP contribution in [-0.4, -0.2) is 13.1 Å². The fourth-order valence-electron chi connectivity index (χ4n) is 3.91. The van der Waals surface area contributed by atoms with Crippen molar-refractivity contribution in [3.63, 3.8) is 0 Å². The Balaban J connectivity index is 2.01. The Morgan fingerprint density at radius 2 is 2.05 bits per heavy atom. The zero-order valence-corrected chi connectivity index (χ0v) is 14.3. The molecule has 118 valence electrons. The molecule has 0 bridgehead atoms. The predicted octanol–water partition coefficient (Wildman–Crippen LogP) is 5.32. The highest BCUT2D eigenvalue weighted by Gasteiger charge is 2.29. The highest BCUT2D eigenvalue weighted by atomic mass is 35.5. The molecule has 0 aromatic heterocycles. The average Bonchev–Trinajstić information content (AvgIpc) is 2.47. The molecule has 3 atom stereocenters. The van der Waals surface area contributed by atoms with E-state index in [0.717, 1.165) is 29.3 Å². The third kappa shape index (κ3) is 5.30. The standard InChI is InChI=1S/C19H30ClN/c1-3-6-15-9-10-17(14-21-4-2)18(11-15)12-16-7-5-8-19(20)13-16/h5,7-8,13,15,17-18,21H,3-4,6,9-12,14H2,1-2H3. The summed E-state index contributed by atoms with van der Waals surface area (Å²) in [6.45, 7) is 6.78. The Kier molecular flexibility index (Phi) is 7.06. The van der Waals surface area contributed by atoms with Crippen molar-refractivity contribution in [2.45, 2.75) is 52.4 Å². The number of rotatable bonds is 7. The second kappa shape index (κ2) is 8.80. The van der Waals surface area contributed by atoms with Crippen LogP contribution in [0.5, 0.6) is 0 Å². The Morgan fingerprint density at radius 3 is 2.76 bits per heavy atom. The highest BCUT2D eigenvalue weighted by molar-refractivity contribution is 6.30. The molecule has 0 spiro atoms. The summed E-state index contributed by atoms with van der Waals surface area (Å²) in [5.74, 6) is 2.59. The van der Waals surface area contributed by atoms with Crippen molar-refractivity contribution in [1.29, 1.82) is 0 Å². The van der Waals surface area contributed by atoms with Gasteiger partial charge in [0, 0.05) is 5.02 Å². The van der Waals surface area contributed by atoms with E-state index in [1.54, 1.807) is 0 Å². The van der Waals surface area contributed by atoms with Gasteiger partial charge in [0.05, 0.1) is 0 Å². The van der Waals surface area contributed by atoms with Crippen LogP contribution in [0.1, 0.15) is 51.5 Å². The molecule has 2 rings (SSSR count). The maximum absolute atomic E-state index is 6.15. The van der Waals surface area contributed by atoms with E-state index in [9.17, 15) is 0 Å². The minimum atomic E-state index is 0.813. The molecular weight excluding hydrogens is 278 g/mol. The van der Waals surface area contributed by atoms with E-state index in [-0.39, 0.29) is 0 Å². The van der Waals surface area contributed by atoms with E-state index in [1.165, 1.54) is 50.6 Å². The molecule has 1 aliphatic rings. The molecule has 1 fully saturated rings. The van der Waals surface area contributed by atoms with Gasteiger partial charge in [-0.15, -0.1) is 0 Å². The second-order valence-electron chi connectivity index (χ2n) is 6.63. The lowest BCUT2D eigenvalue weighted by atomic mass is 9.70. The van der Waals surface area contributed by atoms with E-state index < -0.39 is 0 Å². The maximum atomic E-state index is 6.15. The van der Waals surface area contributed by atoms with Crippen LogP contribution in [0.25, 0.3) is 0 Å². The average molecular weight is 308 g/mol. The van der Waals surface area contributed by atoms with Gasteiger partial charge in [-0.25, -0.2) is 0 Å². The SMILES string of the molecule is CCCC1CCC(CNCC)C(Cc2cccc(Cl)c2)C1.